The van der Waals surface area contributed by atoms with Crippen LogP contribution in [0.15, 0.2) is 41.6 Å². The van der Waals surface area contributed by atoms with Gasteiger partial charge in [-0.25, -0.2) is 0 Å². The molecule has 4 rings (SSSR count). The molecular formula is C26H30N4O4S. The van der Waals surface area contributed by atoms with E-state index in [9.17, 15) is 4.79 Å². The van der Waals surface area contributed by atoms with Crippen molar-refractivity contribution in [1.82, 2.24) is 15.2 Å². The molecule has 35 heavy (non-hydrogen) atoms. The van der Waals surface area contributed by atoms with Crippen molar-refractivity contribution >= 4 is 23.4 Å². The molecule has 0 fully saturated rings. The van der Waals surface area contributed by atoms with Gasteiger partial charge in [-0.05, 0) is 42.7 Å². The van der Waals surface area contributed by atoms with E-state index in [4.69, 9.17) is 19.2 Å². The van der Waals surface area contributed by atoms with Gasteiger partial charge >= 0.3 is 0 Å². The SMILES string of the molecule is CCCCSc1nnc2c(n1)O[C@@H](c1ccc(OC)cc1OC)N(C(C)=O)c1ccc(CC)cc1-2. The number of carbonyl (C=O) groups excluding carboxylic acids is 1. The lowest BCUT2D eigenvalue weighted by Gasteiger charge is -2.31. The standard InChI is InChI=1S/C26H30N4O4S/c1-6-8-13-35-26-27-24-23(28-29-26)20-14-17(7-2)9-12-21(20)30(16(3)31)25(34-24)19-11-10-18(32-4)15-22(19)33-5/h9-12,14-15,25H,6-8,13H2,1-5H3/t25-/m0/s1. The fraction of sp³-hybridized carbons (Fsp3) is 0.385. The molecule has 0 N–H and O–H groups in total. The maximum atomic E-state index is 13.1. The highest BCUT2D eigenvalue weighted by Crippen LogP contribution is 2.45. The maximum Gasteiger partial charge on any atom is 0.247 e. The Morgan fingerprint density at radius 2 is 1.94 bits per heavy atom. The van der Waals surface area contributed by atoms with Gasteiger partial charge in [-0.2, -0.15) is 4.98 Å². The number of rotatable bonds is 8. The van der Waals surface area contributed by atoms with Crippen molar-refractivity contribution in [2.45, 2.75) is 51.4 Å². The summed E-state index contributed by atoms with van der Waals surface area (Å²) >= 11 is 1.54. The zero-order valence-corrected chi connectivity index (χ0v) is 21.5. The van der Waals surface area contributed by atoms with E-state index in [1.165, 1.54) is 6.92 Å². The summed E-state index contributed by atoms with van der Waals surface area (Å²) in [6, 6.07) is 11.4. The van der Waals surface area contributed by atoms with Crippen LogP contribution in [0.4, 0.5) is 5.69 Å². The van der Waals surface area contributed by atoms with Gasteiger partial charge in [0.1, 0.15) is 11.5 Å². The number of methoxy groups -OCH3 is 2. The third-order valence-electron chi connectivity index (χ3n) is 5.85. The van der Waals surface area contributed by atoms with Crippen molar-refractivity contribution in [3.8, 4) is 28.6 Å². The molecule has 1 amide bonds. The van der Waals surface area contributed by atoms with E-state index >= 15 is 0 Å². The summed E-state index contributed by atoms with van der Waals surface area (Å²) in [5, 5.41) is 9.42. The zero-order valence-electron chi connectivity index (χ0n) is 20.7. The van der Waals surface area contributed by atoms with Gasteiger partial charge in [0.15, 0.2) is 5.69 Å². The Bertz CT molecular complexity index is 1220. The molecule has 0 saturated carbocycles. The fourth-order valence-corrected chi connectivity index (χ4v) is 4.83. The summed E-state index contributed by atoms with van der Waals surface area (Å²) in [5.74, 6) is 2.22. The molecule has 1 aromatic heterocycles. The molecule has 0 bridgehead atoms. The number of carbonyl (C=O) groups is 1. The van der Waals surface area contributed by atoms with Crippen LogP contribution in [0.5, 0.6) is 17.4 Å². The molecule has 0 aliphatic carbocycles. The molecule has 9 heteroatoms. The average Bonchev–Trinajstić information content (AvgIpc) is 3.02. The molecule has 2 aromatic carbocycles. The zero-order chi connectivity index (χ0) is 24.9. The van der Waals surface area contributed by atoms with Gasteiger partial charge in [0.25, 0.3) is 0 Å². The first-order valence-electron chi connectivity index (χ1n) is 11.7. The van der Waals surface area contributed by atoms with Crippen LogP contribution in [0.25, 0.3) is 11.3 Å². The average molecular weight is 495 g/mol. The second kappa shape index (κ2) is 10.9. The number of anilines is 1. The van der Waals surface area contributed by atoms with Crippen molar-refractivity contribution in [2.24, 2.45) is 0 Å². The number of hydrogen-bond acceptors (Lipinski definition) is 8. The van der Waals surface area contributed by atoms with Gasteiger partial charge < -0.3 is 14.2 Å². The van der Waals surface area contributed by atoms with Crippen LogP contribution in [-0.4, -0.2) is 41.1 Å². The monoisotopic (exact) mass is 494 g/mol. The molecule has 184 valence electrons. The van der Waals surface area contributed by atoms with Crippen molar-refractivity contribution < 1.29 is 19.0 Å². The number of benzene rings is 2. The van der Waals surface area contributed by atoms with Gasteiger partial charge in [-0.15, -0.1) is 10.2 Å². The molecule has 0 spiro atoms. The highest BCUT2D eigenvalue weighted by molar-refractivity contribution is 7.99. The maximum absolute atomic E-state index is 13.1. The summed E-state index contributed by atoms with van der Waals surface area (Å²) in [6.45, 7) is 5.75. The number of amides is 1. The first-order valence-corrected chi connectivity index (χ1v) is 12.7. The highest BCUT2D eigenvalue weighted by Gasteiger charge is 2.36. The second-order valence-corrected chi connectivity index (χ2v) is 9.18. The van der Waals surface area contributed by atoms with Gasteiger partial charge in [-0.1, -0.05) is 38.1 Å². The number of fused-ring (bicyclic) bond motifs is 3. The van der Waals surface area contributed by atoms with E-state index in [1.54, 1.807) is 36.9 Å². The lowest BCUT2D eigenvalue weighted by molar-refractivity contribution is -0.118. The Labute approximate surface area is 210 Å². The molecule has 2 heterocycles. The van der Waals surface area contributed by atoms with Crippen molar-refractivity contribution in [1.29, 1.82) is 0 Å². The van der Waals surface area contributed by atoms with E-state index in [0.29, 0.717) is 39.5 Å². The predicted molar refractivity (Wildman–Crippen MR) is 136 cm³/mol. The van der Waals surface area contributed by atoms with Crippen LogP contribution in [0.2, 0.25) is 0 Å². The molecule has 3 aromatic rings. The Kier molecular flexibility index (Phi) is 7.75. The van der Waals surface area contributed by atoms with Crippen molar-refractivity contribution in [3.63, 3.8) is 0 Å². The third kappa shape index (κ3) is 5.05. The van der Waals surface area contributed by atoms with E-state index in [2.05, 4.69) is 24.0 Å². The summed E-state index contributed by atoms with van der Waals surface area (Å²) in [5.41, 5.74) is 3.73. The van der Waals surface area contributed by atoms with E-state index < -0.39 is 6.23 Å². The Morgan fingerprint density at radius 3 is 2.63 bits per heavy atom. The first-order chi connectivity index (χ1) is 17.0. The van der Waals surface area contributed by atoms with Crippen LogP contribution >= 0.6 is 11.8 Å². The van der Waals surface area contributed by atoms with Crippen LogP contribution in [0.1, 0.15) is 51.0 Å². The fourth-order valence-electron chi connectivity index (χ4n) is 3.97. The Morgan fingerprint density at radius 1 is 1.11 bits per heavy atom. The van der Waals surface area contributed by atoms with Gasteiger partial charge in [0, 0.05) is 24.3 Å². The topological polar surface area (TPSA) is 86.7 Å². The highest BCUT2D eigenvalue weighted by atomic mass is 32.2. The van der Waals surface area contributed by atoms with Gasteiger partial charge in [-0.3, -0.25) is 9.69 Å². The van der Waals surface area contributed by atoms with E-state index in [-0.39, 0.29) is 5.91 Å². The second-order valence-electron chi connectivity index (χ2n) is 8.12. The van der Waals surface area contributed by atoms with Crippen LogP contribution in [0.3, 0.4) is 0 Å². The molecule has 1 aliphatic rings. The minimum absolute atomic E-state index is 0.184. The Hall–Kier alpha value is -3.33. The summed E-state index contributed by atoms with van der Waals surface area (Å²) < 4.78 is 17.5. The molecular weight excluding hydrogens is 464 g/mol. The van der Waals surface area contributed by atoms with Crippen molar-refractivity contribution in [2.75, 3.05) is 24.9 Å². The molecule has 0 radical (unpaired) electrons. The summed E-state index contributed by atoms with van der Waals surface area (Å²) in [6.07, 6.45) is 2.15. The number of hydrogen-bond donors (Lipinski definition) is 0. The van der Waals surface area contributed by atoms with E-state index in [0.717, 1.165) is 36.1 Å². The van der Waals surface area contributed by atoms with Crippen LogP contribution in [0, 0.1) is 0 Å². The molecule has 8 nitrogen and oxygen atoms in total. The number of aryl methyl sites for hydroxylation is 1. The number of unbranched alkanes of at least 4 members (excludes halogenated alkanes) is 1. The first kappa shape index (κ1) is 24.8. The predicted octanol–water partition coefficient (Wildman–Crippen LogP) is 5.45. The van der Waals surface area contributed by atoms with Gasteiger partial charge in [0.05, 0.1) is 25.5 Å². The smallest absolute Gasteiger partial charge is 0.247 e. The molecule has 1 atom stereocenters. The summed E-state index contributed by atoms with van der Waals surface area (Å²) in [4.78, 5) is 19.4. The number of nitrogens with zero attached hydrogens (tertiary/aromatic N) is 4. The number of thioether (sulfide) groups is 1. The van der Waals surface area contributed by atoms with Crippen molar-refractivity contribution in [3.05, 3.63) is 47.5 Å². The Balaban J connectivity index is 1.92. The van der Waals surface area contributed by atoms with E-state index in [1.807, 2.05) is 30.3 Å². The molecule has 0 unspecified atom stereocenters. The number of ether oxygens (including phenoxy) is 3. The minimum Gasteiger partial charge on any atom is -0.497 e. The molecule has 0 saturated heterocycles. The minimum atomic E-state index is -0.828. The van der Waals surface area contributed by atoms with Gasteiger partial charge in [0.2, 0.25) is 23.2 Å². The van der Waals surface area contributed by atoms with Crippen LogP contribution < -0.4 is 19.1 Å². The lowest BCUT2D eigenvalue weighted by Crippen LogP contribution is -2.36. The van der Waals surface area contributed by atoms with Crippen LogP contribution in [-0.2, 0) is 11.2 Å². The number of aromatic nitrogens is 3. The third-order valence-corrected chi connectivity index (χ3v) is 6.78. The quantitative estimate of drug-likeness (QED) is 0.302. The summed E-state index contributed by atoms with van der Waals surface area (Å²) in [7, 11) is 3.17. The molecule has 1 aliphatic heterocycles. The lowest BCUT2D eigenvalue weighted by atomic mass is 10.0. The largest absolute Gasteiger partial charge is 0.497 e. The normalized spacial score (nSPS) is 14.4.